The van der Waals surface area contributed by atoms with E-state index in [4.69, 9.17) is 27.8 Å². The van der Waals surface area contributed by atoms with Crippen molar-refractivity contribution in [1.82, 2.24) is 9.80 Å². The molecule has 3 rings (SSSR count). The molecule has 34 heavy (non-hydrogen) atoms. The van der Waals surface area contributed by atoms with Gasteiger partial charge in [0.25, 0.3) is 0 Å². The first-order valence-corrected chi connectivity index (χ1v) is 12.7. The lowest BCUT2D eigenvalue weighted by atomic mass is 10.2. The first-order valence-electron chi connectivity index (χ1n) is 12.7. The Balaban J connectivity index is 1.33. The molecule has 8 heteroatoms. The van der Waals surface area contributed by atoms with Gasteiger partial charge in [-0.15, -0.1) is 0 Å². The Morgan fingerprint density at radius 3 is 1.24 bits per heavy atom. The Hall–Kier alpha value is -1.68. The van der Waals surface area contributed by atoms with Crippen LogP contribution in [0.1, 0.15) is 24.4 Å². The summed E-state index contributed by atoms with van der Waals surface area (Å²) in [4.78, 5) is 4.79. The predicted octanol–water partition coefficient (Wildman–Crippen LogP) is 3.12. The standard InChI is InChI=1S/C26H42N2O6/c1(5-25-7-3-15-33-25)9-27-11-17-29-21-23-31-19-13-28(10-2-6-26-8-4-16-34-26)14-20-32-24-22-30-18-12-27/h3-4,7-8,15-16H,1-2,5-6,9-14,17-24H2. The van der Waals surface area contributed by atoms with E-state index in [1.165, 1.54) is 0 Å². The van der Waals surface area contributed by atoms with Crippen LogP contribution in [0.25, 0.3) is 0 Å². The highest BCUT2D eigenvalue weighted by atomic mass is 16.5. The van der Waals surface area contributed by atoms with Gasteiger partial charge in [0, 0.05) is 39.0 Å². The number of furan rings is 2. The summed E-state index contributed by atoms with van der Waals surface area (Å²) >= 11 is 0. The molecule has 1 aliphatic rings. The van der Waals surface area contributed by atoms with Crippen LogP contribution in [-0.4, -0.2) is 102 Å². The van der Waals surface area contributed by atoms with Crippen molar-refractivity contribution in [1.29, 1.82) is 0 Å². The van der Waals surface area contributed by atoms with Gasteiger partial charge in [-0.05, 0) is 50.2 Å². The van der Waals surface area contributed by atoms with Crippen LogP contribution < -0.4 is 0 Å². The Kier molecular flexibility index (Phi) is 14.0. The highest BCUT2D eigenvalue weighted by molar-refractivity contribution is 4.98. The molecule has 0 N–H and O–H groups in total. The average molecular weight is 479 g/mol. The molecule has 0 unspecified atom stereocenters. The Labute approximate surface area is 204 Å². The van der Waals surface area contributed by atoms with Gasteiger partial charge in [-0.25, -0.2) is 0 Å². The van der Waals surface area contributed by atoms with Crippen molar-refractivity contribution in [3.05, 3.63) is 48.3 Å². The summed E-state index contributed by atoms with van der Waals surface area (Å²) < 4.78 is 34.2. The lowest BCUT2D eigenvalue weighted by Gasteiger charge is -2.23. The fourth-order valence-electron chi connectivity index (χ4n) is 3.95. The number of nitrogens with zero attached hydrogens (tertiary/aromatic N) is 2. The smallest absolute Gasteiger partial charge is 0.103 e. The van der Waals surface area contributed by atoms with E-state index in [1.807, 2.05) is 24.3 Å². The number of hydrogen-bond donors (Lipinski definition) is 0. The van der Waals surface area contributed by atoms with Crippen LogP contribution >= 0.6 is 0 Å². The summed E-state index contributed by atoms with van der Waals surface area (Å²) in [7, 11) is 0. The minimum Gasteiger partial charge on any atom is -0.469 e. The summed E-state index contributed by atoms with van der Waals surface area (Å²) in [6, 6.07) is 7.95. The molecule has 0 aliphatic carbocycles. The SMILES string of the molecule is c1coc(CCCN2CCOCCOCCN(CCCc3ccco3)CCOCCOCC2)c1. The van der Waals surface area contributed by atoms with Crippen molar-refractivity contribution < 1.29 is 27.8 Å². The topological polar surface area (TPSA) is 69.7 Å². The van der Waals surface area contributed by atoms with Crippen molar-refractivity contribution in [2.75, 3.05) is 92.1 Å². The van der Waals surface area contributed by atoms with E-state index in [1.54, 1.807) is 12.5 Å². The van der Waals surface area contributed by atoms with E-state index in [0.29, 0.717) is 52.9 Å². The van der Waals surface area contributed by atoms with Crippen molar-refractivity contribution in [3.8, 4) is 0 Å². The van der Waals surface area contributed by atoms with Gasteiger partial charge in [0.2, 0.25) is 0 Å². The molecule has 2 aromatic heterocycles. The van der Waals surface area contributed by atoms with Gasteiger partial charge in [-0.3, -0.25) is 9.80 Å². The molecular formula is C26H42N2O6. The molecule has 8 nitrogen and oxygen atoms in total. The summed E-state index contributed by atoms with van der Waals surface area (Å²) in [5.41, 5.74) is 0. The molecule has 0 amide bonds. The fraction of sp³-hybridized carbons (Fsp3) is 0.692. The first kappa shape index (κ1) is 26.9. The van der Waals surface area contributed by atoms with Crippen LogP contribution in [0.5, 0.6) is 0 Å². The normalized spacial score (nSPS) is 19.5. The van der Waals surface area contributed by atoms with Gasteiger partial charge in [0.05, 0.1) is 65.4 Å². The number of rotatable bonds is 8. The maximum absolute atomic E-state index is 5.82. The minimum atomic E-state index is 0.623. The molecular weight excluding hydrogens is 436 g/mol. The average Bonchev–Trinajstić information content (AvgIpc) is 3.55. The second kappa shape index (κ2) is 17.7. The van der Waals surface area contributed by atoms with Crippen molar-refractivity contribution >= 4 is 0 Å². The van der Waals surface area contributed by atoms with E-state index in [0.717, 1.165) is 76.5 Å². The number of aryl methyl sites for hydroxylation is 2. The molecule has 1 saturated heterocycles. The molecule has 0 bridgehead atoms. The summed E-state index contributed by atoms with van der Waals surface area (Å²) in [6.07, 6.45) is 7.48. The monoisotopic (exact) mass is 478 g/mol. The second-order valence-corrected chi connectivity index (χ2v) is 8.50. The lowest BCUT2D eigenvalue weighted by molar-refractivity contribution is 0.00785. The molecule has 1 fully saturated rings. The van der Waals surface area contributed by atoms with Gasteiger partial charge in [-0.2, -0.15) is 0 Å². The minimum absolute atomic E-state index is 0.623. The highest BCUT2D eigenvalue weighted by Crippen LogP contribution is 2.06. The second-order valence-electron chi connectivity index (χ2n) is 8.50. The van der Waals surface area contributed by atoms with Gasteiger partial charge in [0.1, 0.15) is 11.5 Å². The predicted molar refractivity (Wildman–Crippen MR) is 130 cm³/mol. The summed E-state index contributed by atoms with van der Waals surface area (Å²) in [5, 5.41) is 0. The maximum atomic E-state index is 5.82. The van der Waals surface area contributed by atoms with Gasteiger partial charge in [-0.1, -0.05) is 0 Å². The van der Waals surface area contributed by atoms with E-state index in [-0.39, 0.29) is 0 Å². The molecule has 3 heterocycles. The van der Waals surface area contributed by atoms with Crippen LogP contribution in [-0.2, 0) is 31.8 Å². The van der Waals surface area contributed by atoms with Gasteiger partial charge >= 0.3 is 0 Å². The molecule has 0 saturated carbocycles. The number of hydrogen-bond acceptors (Lipinski definition) is 8. The van der Waals surface area contributed by atoms with Crippen molar-refractivity contribution in [3.63, 3.8) is 0 Å². The quantitative estimate of drug-likeness (QED) is 0.573. The van der Waals surface area contributed by atoms with Crippen LogP contribution in [0.2, 0.25) is 0 Å². The summed E-state index contributed by atoms with van der Waals surface area (Å²) in [5.74, 6) is 2.08. The van der Waals surface area contributed by atoms with Crippen LogP contribution in [0, 0.1) is 0 Å². The Morgan fingerprint density at radius 2 is 0.912 bits per heavy atom. The molecule has 192 valence electrons. The molecule has 0 radical (unpaired) electrons. The molecule has 0 aromatic carbocycles. The largest absolute Gasteiger partial charge is 0.469 e. The third kappa shape index (κ3) is 12.1. The third-order valence-corrected chi connectivity index (χ3v) is 5.91. The van der Waals surface area contributed by atoms with Crippen molar-refractivity contribution in [2.24, 2.45) is 0 Å². The molecule has 1 aliphatic heterocycles. The van der Waals surface area contributed by atoms with Crippen LogP contribution in [0.15, 0.2) is 45.6 Å². The van der Waals surface area contributed by atoms with E-state index < -0.39 is 0 Å². The van der Waals surface area contributed by atoms with E-state index >= 15 is 0 Å². The maximum Gasteiger partial charge on any atom is 0.103 e. The zero-order valence-electron chi connectivity index (χ0n) is 20.5. The first-order chi connectivity index (χ1) is 16.9. The highest BCUT2D eigenvalue weighted by Gasteiger charge is 2.09. The molecule has 2 aromatic rings. The van der Waals surface area contributed by atoms with E-state index in [9.17, 15) is 0 Å². The molecule has 0 spiro atoms. The van der Waals surface area contributed by atoms with Crippen molar-refractivity contribution in [2.45, 2.75) is 25.7 Å². The Morgan fingerprint density at radius 1 is 0.529 bits per heavy atom. The lowest BCUT2D eigenvalue weighted by Crippen LogP contribution is -2.34. The van der Waals surface area contributed by atoms with Crippen LogP contribution in [0.3, 0.4) is 0 Å². The van der Waals surface area contributed by atoms with Crippen LogP contribution in [0.4, 0.5) is 0 Å². The zero-order valence-corrected chi connectivity index (χ0v) is 20.5. The van der Waals surface area contributed by atoms with E-state index in [2.05, 4.69) is 9.80 Å². The van der Waals surface area contributed by atoms with Gasteiger partial charge in [0.15, 0.2) is 0 Å². The third-order valence-electron chi connectivity index (χ3n) is 5.91. The zero-order chi connectivity index (χ0) is 23.5. The van der Waals surface area contributed by atoms with Gasteiger partial charge < -0.3 is 27.8 Å². The number of ether oxygens (including phenoxy) is 4. The fourth-order valence-corrected chi connectivity index (χ4v) is 3.95. The molecule has 0 atom stereocenters. The summed E-state index contributed by atoms with van der Waals surface area (Å²) in [6.45, 7) is 10.8. The Bertz CT molecular complexity index is 614.